The highest BCUT2D eigenvalue weighted by molar-refractivity contribution is 7.91. The van der Waals surface area contributed by atoms with Gasteiger partial charge in [-0.25, -0.2) is 13.2 Å². The maximum absolute atomic E-state index is 11.8. The fourth-order valence-electron chi connectivity index (χ4n) is 1.52. The summed E-state index contributed by atoms with van der Waals surface area (Å²) in [4.78, 5) is 22.6. The molecule has 1 aromatic rings. The van der Waals surface area contributed by atoms with Crippen molar-refractivity contribution in [1.82, 2.24) is 5.32 Å². The first-order valence-electron chi connectivity index (χ1n) is 5.47. The number of carbonyl (C=O) groups is 2. The fourth-order valence-corrected chi connectivity index (χ4v) is 2.89. The van der Waals surface area contributed by atoms with Crippen LogP contribution in [-0.4, -0.2) is 40.2 Å². The summed E-state index contributed by atoms with van der Waals surface area (Å²) in [6, 6.07) is 6.24. The quantitative estimate of drug-likeness (QED) is 0.777. The van der Waals surface area contributed by atoms with E-state index in [2.05, 4.69) is 10.1 Å². The third kappa shape index (κ3) is 4.36. The van der Waals surface area contributed by atoms with Crippen LogP contribution in [-0.2, 0) is 25.1 Å². The highest BCUT2D eigenvalue weighted by Crippen LogP contribution is 2.14. The number of ether oxygens (including phenoxy) is 1. The summed E-state index contributed by atoms with van der Waals surface area (Å²) in [5.74, 6) is -2.19. The van der Waals surface area contributed by atoms with Gasteiger partial charge in [0.2, 0.25) is 5.91 Å². The van der Waals surface area contributed by atoms with Crippen molar-refractivity contribution in [3.8, 4) is 0 Å². The van der Waals surface area contributed by atoms with E-state index in [1.165, 1.54) is 26.3 Å². The Kier molecular flexibility index (Phi) is 5.05. The highest BCUT2D eigenvalue weighted by Gasteiger charge is 2.20. The van der Waals surface area contributed by atoms with E-state index in [9.17, 15) is 18.0 Å². The number of amides is 1. The lowest BCUT2D eigenvalue weighted by Gasteiger charge is -2.08. The van der Waals surface area contributed by atoms with Crippen LogP contribution in [0, 0.1) is 0 Å². The van der Waals surface area contributed by atoms with Crippen LogP contribution < -0.4 is 5.32 Å². The molecule has 0 spiro atoms. The predicted molar refractivity (Wildman–Crippen MR) is 69.3 cm³/mol. The van der Waals surface area contributed by atoms with Crippen LogP contribution in [0.2, 0.25) is 0 Å². The predicted octanol–water partition coefficient (Wildman–Crippen LogP) is 0.134. The zero-order valence-electron chi connectivity index (χ0n) is 10.7. The van der Waals surface area contributed by atoms with E-state index in [4.69, 9.17) is 0 Å². The van der Waals surface area contributed by atoms with Crippen LogP contribution in [0.15, 0.2) is 24.3 Å². The number of sulfone groups is 1. The monoisotopic (exact) mass is 285 g/mol. The summed E-state index contributed by atoms with van der Waals surface area (Å²) < 4.78 is 28.2. The van der Waals surface area contributed by atoms with E-state index >= 15 is 0 Å². The first kappa shape index (κ1) is 15.2. The van der Waals surface area contributed by atoms with Crippen molar-refractivity contribution in [3.63, 3.8) is 0 Å². The lowest BCUT2D eigenvalue weighted by atomic mass is 10.1. The van der Waals surface area contributed by atoms with Crippen molar-refractivity contribution in [1.29, 1.82) is 0 Å². The van der Waals surface area contributed by atoms with Gasteiger partial charge in [0.1, 0.15) is 5.75 Å². The van der Waals surface area contributed by atoms with Gasteiger partial charge in [0.25, 0.3) is 0 Å². The van der Waals surface area contributed by atoms with Gasteiger partial charge in [-0.15, -0.1) is 0 Å². The normalized spacial score (nSPS) is 10.8. The molecule has 0 saturated carbocycles. The van der Waals surface area contributed by atoms with E-state index in [1.54, 1.807) is 12.1 Å². The SMILES string of the molecule is CNC(=O)CS(=O)(=O)Cc1ccccc1C(=O)OC. The molecule has 1 rings (SSSR count). The zero-order chi connectivity index (χ0) is 14.5. The Bertz CT molecular complexity index is 580. The third-order valence-corrected chi connectivity index (χ3v) is 3.88. The van der Waals surface area contributed by atoms with Crippen molar-refractivity contribution in [2.24, 2.45) is 0 Å². The average molecular weight is 285 g/mol. The number of carbonyl (C=O) groups excluding carboxylic acids is 2. The van der Waals surface area contributed by atoms with Crippen LogP contribution in [0.1, 0.15) is 15.9 Å². The van der Waals surface area contributed by atoms with E-state index < -0.39 is 27.5 Å². The number of nitrogens with one attached hydrogen (secondary N) is 1. The minimum atomic E-state index is -3.63. The molecular weight excluding hydrogens is 270 g/mol. The minimum Gasteiger partial charge on any atom is -0.465 e. The molecular formula is C12H15NO5S. The number of benzene rings is 1. The second-order valence-electron chi connectivity index (χ2n) is 3.85. The van der Waals surface area contributed by atoms with Crippen molar-refractivity contribution >= 4 is 21.7 Å². The molecule has 0 aromatic heterocycles. The van der Waals surface area contributed by atoms with E-state index in [0.717, 1.165) is 0 Å². The molecule has 0 aliphatic carbocycles. The Morgan fingerprint density at radius 1 is 1.26 bits per heavy atom. The van der Waals surface area contributed by atoms with Gasteiger partial charge in [0.05, 0.1) is 18.4 Å². The number of methoxy groups -OCH3 is 1. The lowest BCUT2D eigenvalue weighted by Crippen LogP contribution is -2.28. The molecule has 0 radical (unpaired) electrons. The molecule has 0 heterocycles. The van der Waals surface area contributed by atoms with Crippen molar-refractivity contribution < 1.29 is 22.7 Å². The summed E-state index contributed by atoms with van der Waals surface area (Å²) in [5.41, 5.74) is 0.503. The van der Waals surface area contributed by atoms with Gasteiger partial charge in [-0.1, -0.05) is 18.2 Å². The lowest BCUT2D eigenvalue weighted by molar-refractivity contribution is -0.118. The van der Waals surface area contributed by atoms with Gasteiger partial charge in [0.15, 0.2) is 9.84 Å². The Labute approximate surface area is 111 Å². The van der Waals surface area contributed by atoms with Gasteiger partial charge < -0.3 is 10.1 Å². The Balaban J connectivity index is 3.00. The summed E-state index contributed by atoms with van der Waals surface area (Å²) in [6.45, 7) is 0. The molecule has 0 aliphatic rings. The molecule has 0 aliphatic heterocycles. The number of hydrogen-bond acceptors (Lipinski definition) is 5. The largest absolute Gasteiger partial charge is 0.465 e. The third-order valence-electron chi connectivity index (χ3n) is 2.43. The maximum Gasteiger partial charge on any atom is 0.338 e. The molecule has 0 fully saturated rings. The summed E-state index contributed by atoms with van der Waals surface area (Å²) >= 11 is 0. The molecule has 0 saturated heterocycles. The molecule has 19 heavy (non-hydrogen) atoms. The molecule has 0 atom stereocenters. The van der Waals surface area contributed by atoms with E-state index in [-0.39, 0.29) is 11.3 Å². The minimum absolute atomic E-state index is 0.186. The highest BCUT2D eigenvalue weighted by atomic mass is 32.2. The van der Waals surface area contributed by atoms with Gasteiger partial charge in [-0.3, -0.25) is 4.79 Å². The molecule has 6 nitrogen and oxygen atoms in total. The number of hydrogen-bond donors (Lipinski definition) is 1. The van der Waals surface area contributed by atoms with Crippen molar-refractivity contribution in [2.45, 2.75) is 5.75 Å². The molecule has 7 heteroatoms. The molecule has 1 amide bonds. The Morgan fingerprint density at radius 2 is 1.89 bits per heavy atom. The van der Waals surface area contributed by atoms with E-state index in [0.29, 0.717) is 5.56 Å². The fraction of sp³-hybridized carbons (Fsp3) is 0.333. The Hall–Kier alpha value is -1.89. The van der Waals surface area contributed by atoms with E-state index in [1.807, 2.05) is 0 Å². The molecule has 1 aromatic carbocycles. The van der Waals surface area contributed by atoms with Gasteiger partial charge in [-0.05, 0) is 11.6 Å². The van der Waals surface area contributed by atoms with Crippen molar-refractivity contribution in [2.75, 3.05) is 19.9 Å². The Morgan fingerprint density at radius 3 is 2.47 bits per heavy atom. The first-order valence-corrected chi connectivity index (χ1v) is 7.29. The smallest absolute Gasteiger partial charge is 0.338 e. The van der Waals surface area contributed by atoms with Crippen molar-refractivity contribution in [3.05, 3.63) is 35.4 Å². The van der Waals surface area contributed by atoms with Crippen LogP contribution in [0.5, 0.6) is 0 Å². The summed E-state index contributed by atoms with van der Waals surface area (Å²) in [5, 5.41) is 2.25. The molecule has 104 valence electrons. The number of esters is 1. The van der Waals surface area contributed by atoms with Crippen LogP contribution in [0.4, 0.5) is 0 Å². The standard InChI is InChI=1S/C12H15NO5S/c1-13-11(14)8-19(16,17)7-9-5-3-4-6-10(9)12(15)18-2/h3-6H,7-8H2,1-2H3,(H,13,14). The van der Waals surface area contributed by atoms with Crippen LogP contribution >= 0.6 is 0 Å². The molecule has 0 bridgehead atoms. The number of rotatable bonds is 5. The van der Waals surface area contributed by atoms with Gasteiger partial charge in [-0.2, -0.15) is 0 Å². The topological polar surface area (TPSA) is 89.5 Å². The summed E-state index contributed by atoms with van der Waals surface area (Å²) in [7, 11) is -1.05. The average Bonchev–Trinajstić information content (AvgIpc) is 2.37. The maximum atomic E-state index is 11.8. The molecule has 0 unspecified atom stereocenters. The van der Waals surface area contributed by atoms with Gasteiger partial charge in [0, 0.05) is 7.05 Å². The van der Waals surface area contributed by atoms with Crippen LogP contribution in [0.3, 0.4) is 0 Å². The second-order valence-corrected chi connectivity index (χ2v) is 5.92. The molecule has 1 N–H and O–H groups in total. The second kappa shape index (κ2) is 6.33. The summed E-state index contributed by atoms with van der Waals surface area (Å²) in [6.07, 6.45) is 0. The van der Waals surface area contributed by atoms with Gasteiger partial charge >= 0.3 is 5.97 Å². The van der Waals surface area contributed by atoms with Crippen LogP contribution in [0.25, 0.3) is 0 Å². The zero-order valence-corrected chi connectivity index (χ0v) is 11.5. The first-order chi connectivity index (χ1) is 8.89.